The molecule has 3 aliphatic heterocycles. The highest BCUT2D eigenvalue weighted by molar-refractivity contribution is 7.14. The molecule has 3 saturated heterocycles. The van der Waals surface area contributed by atoms with E-state index in [9.17, 15) is 24.3 Å². The van der Waals surface area contributed by atoms with Crippen molar-refractivity contribution in [3.63, 3.8) is 0 Å². The molecule has 19 heteroatoms. The lowest BCUT2D eigenvalue weighted by molar-refractivity contribution is -0.295. The SMILES string of the molecule is CC[C@@H]1OC(=O)[C@H](C)C(=O)[C@H](C)[C@@H](OC2O[C@H](C)C[C@H](N(C)C)[C@H]2O)[C@](C)(OC)C[C@@H](C)C(=O)[C@H](C)[C@H]2[C@H](/C(N)=N/OC(C)c3nnc(-c4cccc(N)n4)s3)C(=O)O[C@@]21C. The van der Waals surface area contributed by atoms with Crippen LogP contribution >= 0.6 is 11.3 Å². The number of hydrogen-bond donors (Lipinski definition) is 3. The molecule has 15 atom stereocenters. The number of nitrogen functional groups attached to an aromatic ring is 1. The van der Waals surface area contributed by atoms with E-state index in [1.54, 1.807) is 66.7 Å². The van der Waals surface area contributed by atoms with Gasteiger partial charge in [0.1, 0.15) is 41.3 Å². The molecule has 0 saturated carbocycles. The Morgan fingerprint density at radius 2 is 1.75 bits per heavy atom. The van der Waals surface area contributed by atoms with E-state index in [2.05, 4.69) is 20.3 Å². The van der Waals surface area contributed by atoms with Crippen LogP contribution in [-0.4, -0.2) is 124 Å². The van der Waals surface area contributed by atoms with E-state index in [4.69, 9.17) is 40.0 Å². The minimum atomic E-state index is -1.59. The third-order valence-corrected chi connectivity index (χ3v) is 13.9. The van der Waals surface area contributed by atoms with E-state index in [1.165, 1.54) is 25.4 Å². The number of fused-ring (bicyclic) bond motifs is 1. The highest BCUT2D eigenvalue weighted by atomic mass is 32.1. The van der Waals surface area contributed by atoms with Crippen molar-refractivity contribution in [2.75, 3.05) is 26.9 Å². The molecule has 5 heterocycles. The molecule has 5 rings (SSSR count). The third kappa shape index (κ3) is 9.76. The number of nitrogens with zero attached hydrogens (tertiary/aromatic N) is 5. The van der Waals surface area contributed by atoms with Gasteiger partial charge in [-0.05, 0) is 80.1 Å². The Balaban J connectivity index is 1.50. The maximum atomic E-state index is 14.8. The van der Waals surface area contributed by atoms with Crippen LogP contribution in [0.2, 0.25) is 0 Å². The van der Waals surface area contributed by atoms with E-state index < -0.39 is 95.1 Å². The maximum Gasteiger partial charge on any atom is 0.317 e. The molecule has 0 bridgehead atoms. The van der Waals surface area contributed by atoms with Crippen molar-refractivity contribution in [2.24, 2.45) is 46.4 Å². The van der Waals surface area contributed by atoms with Crippen LogP contribution in [0.4, 0.5) is 5.82 Å². The summed E-state index contributed by atoms with van der Waals surface area (Å²) >= 11 is 1.21. The Morgan fingerprint density at radius 1 is 1.07 bits per heavy atom. The summed E-state index contributed by atoms with van der Waals surface area (Å²) in [7, 11) is 5.16. The quantitative estimate of drug-likeness (QED) is 0.101. The fourth-order valence-corrected chi connectivity index (χ4v) is 10.0. The number of rotatable bonds is 10. The molecule has 3 fully saturated rings. The Kier molecular flexibility index (Phi) is 15.0. The highest BCUT2D eigenvalue weighted by Crippen LogP contribution is 2.48. The summed E-state index contributed by atoms with van der Waals surface area (Å²) < 4.78 is 31.1. The summed E-state index contributed by atoms with van der Waals surface area (Å²) in [6.45, 7) is 15.1. The zero-order valence-corrected chi connectivity index (χ0v) is 38.0. The highest BCUT2D eigenvalue weighted by Gasteiger charge is 2.63. The number of pyridine rings is 1. The topological polar surface area (TPSA) is 250 Å². The van der Waals surface area contributed by atoms with Crippen molar-refractivity contribution >= 4 is 46.5 Å². The number of aromatic nitrogens is 3. The number of carbonyl (C=O) groups is 4. The van der Waals surface area contributed by atoms with Crippen molar-refractivity contribution in [3.8, 4) is 10.7 Å². The summed E-state index contributed by atoms with van der Waals surface area (Å²) in [5.74, 6) is -8.66. The number of cyclic esters (lactones) is 1. The van der Waals surface area contributed by atoms with Gasteiger partial charge in [-0.3, -0.25) is 19.2 Å². The number of esters is 2. The van der Waals surface area contributed by atoms with Gasteiger partial charge in [0.15, 0.2) is 39.6 Å². The summed E-state index contributed by atoms with van der Waals surface area (Å²) in [4.78, 5) is 69.1. The second-order valence-corrected chi connectivity index (χ2v) is 18.5. The Bertz CT molecular complexity index is 1950. The van der Waals surface area contributed by atoms with Gasteiger partial charge < -0.3 is 50.0 Å². The van der Waals surface area contributed by atoms with E-state index in [0.717, 1.165) is 0 Å². The minimum absolute atomic E-state index is 0.0442. The van der Waals surface area contributed by atoms with Crippen LogP contribution in [-0.2, 0) is 47.7 Å². The number of Topliss-reactive ketones (excluding diaryl/α,β-unsaturated/α-hetero) is 2. The van der Waals surface area contributed by atoms with Gasteiger partial charge in [0, 0.05) is 36.8 Å². The first kappa shape index (κ1) is 47.9. The molecule has 18 nitrogen and oxygen atoms in total. The van der Waals surface area contributed by atoms with Crippen molar-refractivity contribution < 1.29 is 52.8 Å². The number of carbonyl (C=O) groups excluding carboxylic acids is 4. The molecular formula is C42H63N7O11S. The van der Waals surface area contributed by atoms with Crippen LogP contribution in [0.25, 0.3) is 10.7 Å². The van der Waals surface area contributed by atoms with Crippen LogP contribution in [0.3, 0.4) is 0 Å². The second kappa shape index (κ2) is 19.1. The first-order valence-electron chi connectivity index (χ1n) is 20.8. The molecule has 0 spiro atoms. The molecule has 0 amide bonds. The Hall–Kier alpha value is -4.14. The van der Waals surface area contributed by atoms with Crippen LogP contribution in [0.1, 0.15) is 92.7 Å². The van der Waals surface area contributed by atoms with E-state index in [-0.39, 0.29) is 36.6 Å². The molecule has 0 aliphatic carbocycles. The Labute approximate surface area is 361 Å². The summed E-state index contributed by atoms with van der Waals surface area (Å²) in [6.07, 6.45) is -4.77. The Morgan fingerprint density at radius 3 is 2.38 bits per heavy atom. The summed E-state index contributed by atoms with van der Waals surface area (Å²) in [6, 6.07) is 4.85. The number of hydrogen-bond acceptors (Lipinski definition) is 18. The maximum absolute atomic E-state index is 14.8. The number of likely N-dealkylation sites (N-methyl/N-ethyl adjacent to an activating group) is 1. The largest absolute Gasteiger partial charge is 0.458 e. The lowest BCUT2D eigenvalue weighted by Gasteiger charge is -2.47. The number of ether oxygens (including phenoxy) is 5. The van der Waals surface area contributed by atoms with E-state index in [0.29, 0.717) is 27.9 Å². The number of oxime groups is 1. The molecule has 2 aromatic heterocycles. The number of methoxy groups -OCH3 is 1. The number of nitrogens with two attached hydrogens (primary N) is 2. The molecule has 0 aromatic carbocycles. The third-order valence-electron chi connectivity index (χ3n) is 12.8. The molecule has 338 valence electrons. The van der Waals surface area contributed by atoms with Crippen LogP contribution in [0.5, 0.6) is 0 Å². The lowest BCUT2D eigenvalue weighted by Crippen LogP contribution is -2.59. The van der Waals surface area contributed by atoms with Gasteiger partial charge in [0.2, 0.25) is 0 Å². The molecular weight excluding hydrogens is 811 g/mol. The van der Waals surface area contributed by atoms with Crippen LogP contribution < -0.4 is 11.5 Å². The zero-order valence-electron chi connectivity index (χ0n) is 37.2. The molecule has 2 aromatic rings. The standard InChI is InChI=1S/C42H63N7O11S/c1-13-27-42(9)30(29(39(54)59-42)35(44)48-60-24(7)36-46-47-37(61-36)25-15-14-16-28(43)45-25)21(4)31(50)19(2)18-41(8,55-12)34(22(5)32(51)23(6)38(53)57-27)58-40-33(52)26(49(10)11)17-20(3)56-40/h14-16,19-24,26-27,29-30,33-34,40,52H,13,17-18H2,1-12H3,(H2,43,45)(H2,44,48)/t19-,20-,21-,22+,23-,24?,26+,27+,29-,30+,33-,34-,40?,41-,42-/m1/s1. The smallest absolute Gasteiger partial charge is 0.317 e. The predicted octanol–water partition coefficient (Wildman–Crippen LogP) is 3.70. The average molecular weight is 874 g/mol. The summed E-state index contributed by atoms with van der Waals surface area (Å²) in [5.41, 5.74) is 10.0. The predicted molar refractivity (Wildman–Crippen MR) is 224 cm³/mol. The normalized spacial score (nSPS) is 37.4. The van der Waals surface area contributed by atoms with Gasteiger partial charge in [-0.1, -0.05) is 50.3 Å². The van der Waals surface area contributed by atoms with Gasteiger partial charge in [-0.2, -0.15) is 0 Å². The van der Waals surface area contributed by atoms with Gasteiger partial charge in [0.05, 0.1) is 17.8 Å². The molecule has 2 unspecified atom stereocenters. The van der Waals surface area contributed by atoms with E-state index >= 15 is 0 Å². The first-order valence-corrected chi connectivity index (χ1v) is 21.7. The van der Waals surface area contributed by atoms with Crippen molar-refractivity contribution in [1.29, 1.82) is 0 Å². The van der Waals surface area contributed by atoms with Crippen molar-refractivity contribution in [3.05, 3.63) is 23.2 Å². The second-order valence-electron chi connectivity index (χ2n) is 17.5. The van der Waals surface area contributed by atoms with Crippen molar-refractivity contribution in [2.45, 2.75) is 136 Å². The number of aliphatic hydroxyl groups is 1. The molecule has 0 radical (unpaired) electrons. The fraction of sp³-hybridized carbons (Fsp3) is 0.714. The van der Waals surface area contributed by atoms with Gasteiger partial charge in [0.25, 0.3) is 0 Å². The molecule has 5 N–H and O–H groups in total. The molecule has 61 heavy (non-hydrogen) atoms. The minimum Gasteiger partial charge on any atom is -0.458 e. The number of amidine groups is 1. The molecule has 3 aliphatic rings. The van der Waals surface area contributed by atoms with Crippen LogP contribution in [0, 0.1) is 35.5 Å². The number of ketones is 2. The van der Waals surface area contributed by atoms with Gasteiger partial charge >= 0.3 is 11.9 Å². The average Bonchev–Trinajstić information content (AvgIpc) is 3.82. The van der Waals surface area contributed by atoms with Gasteiger partial charge in [-0.15, -0.1) is 10.2 Å². The number of aliphatic hydroxyl groups excluding tert-OH is 1. The first-order chi connectivity index (χ1) is 28.6. The monoisotopic (exact) mass is 873 g/mol. The zero-order chi connectivity index (χ0) is 45.3. The lowest BCUT2D eigenvalue weighted by atomic mass is 9.67. The summed E-state index contributed by atoms with van der Waals surface area (Å²) in [5, 5.41) is 25.0. The van der Waals surface area contributed by atoms with Gasteiger partial charge in [-0.25, -0.2) is 4.98 Å². The van der Waals surface area contributed by atoms with E-state index in [1.807, 2.05) is 25.9 Å². The fourth-order valence-electron chi connectivity index (χ4n) is 9.26. The van der Waals surface area contributed by atoms with Crippen LogP contribution in [0.15, 0.2) is 23.4 Å². The number of anilines is 1. The van der Waals surface area contributed by atoms with Crippen molar-refractivity contribution in [1.82, 2.24) is 20.1 Å².